The van der Waals surface area contributed by atoms with Gasteiger partial charge < -0.3 is 19.7 Å². The molecule has 2 atom stereocenters. The molecule has 154 valence electrons. The van der Waals surface area contributed by atoms with Crippen molar-refractivity contribution in [3.8, 4) is 5.75 Å². The number of carbonyl (C=O) groups excluding carboxylic acids is 2. The number of nitrogens with one attached hydrogen (secondary N) is 1. The highest BCUT2D eigenvalue weighted by Crippen LogP contribution is 2.22. The molecule has 29 heavy (non-hydrogen) atoms. The predicted octanol–water partition coefficient (Wildman–Crippen LogP) is 2.95. The number of morpholine rings is 1. The Balaban J connectivity index is 1.40. The van der Waals surface area contributed by atoms with Gasteiger partial charge in [-0.05, 0) is 31.0 Å². The van der Waals surface area contributed by atoms with Gasteiger partial charge in [0, 0.05) is 13.0 Å². The number of benzene rings is 2. The first kappa shape index (κ1) is 20.9. The lowest BCUT2D eigenvalue weighted by molar-refractivity contribution is -0.142. The second-order valence-electron chi connectivity index (χ2n) is 7.11. The van der Waals surface area contributed by atoms with Crippen LogP contribution in [0.25, 0.3) is 0 Å². The molecule has 0 aliphatic carbocycles. The Morgan fingerprint density at radius 3 is 2.55 bits per heavy atom. The zero-order valence-electron chi connectivity index (χ0n) is 16.8. The summed E-state index contributed by atoms with van der Waals surface area (Å²) in [7, 11) is 0. The fraction of sp³-hybridized carbons (Fsp3) is 0.391. The van der Waals surface area contributed by atoms with Crippen molar-refractivity contribution in [3.05, 3.63) is 66.2 Å². The van der Waals surface area contributed by atoms with Crippen LogP contribution >= 0.6 is 0 Å². The van der Waals surface area contributed by atoms with E-state index in [4.69, 9.17) is 9.47 Å². The van der Waals surface area contributed by atoms with Crippen LogP contribution in [0.2, 0.25) is 0 Å². The van der Waals surface area contributed by atoms with E-state index in [9.17, 15) is 9.59 Å². The number of amides is 2. The van der Waals surface area contributed by atoms with E-state index in [0.29, 0.717) is 39.1 Å². The fourth-order valence-electron chi connectivity index (χ4n) is 3.31. The SMILES string of the molecule is C[C@H](NC(=O)CCCOc1ccccc1)C(=O)N1CCOC(c2ccccc2)C1. The first-order chi connectivity index (χ1) is 14.1. The molecule has 0 spiro atoms. The molecular weight excluding hydrogens is 368 g/mol. The number of para-hydroxylation sites is 1. The smallest absolute Gasteiger partial charge is 0.245 e. The summed E-state index contributed by atoms with van der Waals surface area (Å²) in [5, 5.41) is 2.80. The monoisotopic (exact) mass is 396 g/mol. The molecule has 2 aromatic rings. The predicted molar refractivity (Wildman–Crippen MR) is 110 cm³/mol. The Labute approximate surface area is 171 Å². The molecule has 2 aromatic carbocycles. The third-order valence-corrected chi connectivity index (χ3v) is 4.86. The summed E-state index contributed by atoms with van der Waals surface area (Å²) in [6, 6.07) is 18.8. The van der Waals surface area contributed by atoms with E-state index in [1.807, 2.05) is 60.7 Å². The first-order valence-corrected chi connectivity index (χ1v) is 10.1. The molecular formula is C23H28N2O4. The molecule has 0 aromatic heterocycles. The van der Waals surface area contributed by atoms with Crippen LogP contribution in [0.3, 0.4) is 0 Å². The van der Waals surface area contributed by atoms with Gasteiger partial charge in [0.25, 0.3) is 0 Å². The van der Waals surface area contributed by atoms with Gasteiger partial charge >= 0.3 is 0 Å². The van der Waals surface area contributed by atoms with Crippen LogP contribution in [0, 0.1) is 0 Å². The highest BCUT2D eigenvalue weighted by molar-refractivity contribution is 5.87. The van der Waals surface area contributed by atoms with Crippen molar-refractivity contribution in [2.24, 2.45) is 0 Å². The van der Waals surface area contributed by atoms with Crippen LogP contribution in [-0.2, 0) is 14.3 Å². The number of ether oxygens (including phenoxy) is 2. The number of nitrogens with zero attached hydrogens (tertiary/aromatic N) is 1. The van der Waals surface area contributed by atoms with Crippen LogP contribution in [0.5, 0.6) is 5.75 Å². The third kappa shape index (κ3) is 6.32. The average molecular weight is 396 g/mol. The molecule has 6 heteroatoms. The topological polar surface area (TPSA) is 67.9 Å². The maximum atomic E-state index is 12.8. The third-order valence-electron chi connectivity index (χ3n) is 4.86. The molecule has 0 bridgehead atoms. The van der Waals surface area contributed by atoms with Gasteiger partial charge in [-0.25, -0.2) is 0 Å². The van der Waals surface area contributed by atoms with Crippen molar-refractivity contribution >= 4 is 11.8 Å². The molecule has 2 amide bonds. The van der Waals surface area contributed by atoms with Crippen molar-refractivity contribution in [1.82, 2.24) is 10.2 Å². The number of hydrogen-bond acceptors (Lipinski definition) is 4. The molecule has 1 heterocycles. The lowest BCUT2D eigenvalue weighted by atomic mass is 10.1. The summed E-state index contributed by atoms with van der Waals surface area (Å²) in [4.78, 5) is 26.7. The second-order valence-corrected chi connectivity index (χ2v) is 7.11. The lowest BCUT2D eigenvalue weighted by Crippen LogP contribution is -2.51. The van der Waals surface area contributed by atoms with E-state index < -0.39 is 6.04 Å². The minimum absolute atomic E-state index is 0.0804. The van der Waals surface area contributed by atoms with Crippen LogP contribution in [0.1, 0.15) is 31.4 Å². The molecule has 1 unspecified atom stereocenters. The summed E-state index contributed by atoms with van der Waals surface area (Å²) in [6.07, 6.45) is 0.780. The summed E-state index contributed by atoms with van der Waals surface area (Å²) < 4.78 is 11.4. The van der Waals surface area contributed by atoms with Gasteiger partial charge in [-0.15, -0.1) is 0 Å². The van der Waals surface area contributed by atoms with Crippen LogP contribution in [0.15, 0.2) is 60.7 Å². The van der Waals surface area contributed by atoms with Crippen molar-refractivity contribution < 1.29 is 19.1 Å². The Kier molecular flexibility index (Phi) is 7.64. The highest BCUT2D eigenvalue weighted by atomic mass is 16.5. The molecule has 3 rings (SSSR count). The molecule has 1 aliphatic rings. The Bertz CT molecular complexity index is 782. The van der Waals surface area contributed by atoms with Crippen molar-refractivity contribution in [1.29, 1.82) is 0 Å². The van der Waals surface area contributed by atoms with Gasteiger partial charge in [0.15, 0.2) is 0 Å². The van der Waals surface area contributed by atoms with Gasteiger partial charge in [-0.3, -0.25) is 9.59 Å². The van der Waals surface area contributed by atoms with E-state index in [1.54, 1.807) is 11.8 Å². The first-order valence-electron chi connectivity index (χ1n) is 10.1. The Hall–Kier alpha value is -2.86. The Morgan fingerprint density at radius 1 is 1.14 bits per heavy atom. The maximum absolute atomic E-state index is 12.8. The second kappa shape index (κ2) is 10.6. The van der Waals surface area contributed by atoms with E-state index in [1.165, 1.54) is 0 Å². The van der Waals surface area contributed by atoms with Gasteiger partial charge in [0.2, 0.25) is 11.8 Å². The number of carbonyl (C=O) groups is 2. The largest absolute Gasteiger partial charge is 0.494 e. The zero-order chi connectivity index (χ0) is 20.5. The maximum Gasteiger partial charge on any atom is 0.245 e. The number of rotatable bonds is 8. The molecule has 1 fully saturated rings. The van der Waals surface area contributed by atoms with Gasteiger partial charge in [0.1, 0.15) is 17.9 Å². The van der Waals surface area contributed by atoms with Crippen molar-refractivity contribution in [2.45, 2.75) is 31.9 Å². The van der Waals surface area contributed by atoms with Crippen LogP contribution in [0.4, 0.5) is 0 Å². The minimum Gasteiger partial charge on any atom is -0.494 e. The summed E-state index contributed by atoms with van der Waals surface area (Å²) in [5.74, 6) is 0.565. The summed E-state index contributed by atoms with van der Waals surface area (Å²) in [5.41, 5.74) is 1.06. The molecule has 6 nitrogen and oxygen atoms in total. The van der Waals surface area contributed by atoms with Crippen molar-refractivity contribution in [2.75, 3.05) is 26.3 Å². The van der Waals surface area contributed by atoms with E-state index >= 15 is 0 Å². The van der Waals surface area contributed by atoms with Crippen LogP contribution < -0.4 is 10.1 Å². The quantitative estimate of drug-likeness (QED) is 0.697. The highest BCUT2D eigenvalue weighted by Gasteiger charge is 2.28. The van der Waals surface area contributed by atoms with E-state index in [2.05, 4.69) is 5.32 Å². The molecule has 1 aliphatic heterocycles. The zero-order valence-corrected chi connectivity index (χ0v) is 16.8. The lowest BCUT2D eigenvalue weighted by Gasteiger charge is -2.34. The van der Waals surface area contributed by atoms with E-state index in [0.717, 1.165) is 11.3 Å². The summed E-state index contributed by atoms with van der Waals surface area (Å²) >= 11 is 0. The standard InChI is InChI=1S/C23H28N2O4/c1-18(24-22(26)13-8-15-28-20-11-6-3-7-12-20)23(27)25-14-16-29-21(17-25)19-9-4-2-5-10-19/h2-7,9-12,18,21H,8,13-17H2,1H3,(H,24,26)/t18-,21?/m0/s1. The van der Waals surface area contributed by atoms with Gasteiger partial charge in [-0.1, -0.05) is 48.5 Å². The van der Waals surface area contributed by atoms with Crippen molar-refractivity contribution in [3.63, 3.8) is 0 Å². The minimum atomic E-state index is -0.563. The van der Waals surface area contributed by atoms with E-state index in [-0.39, 0.29) is 17.9 Å². The average Bonchev–Trinajstić information content (AvgIpc) is 2.77. The Morgan fingerprint density at radius 2 is 1.83 bits per heavy atom. The normalized spacial score (nSPS) is 17.4. The molecule has 1 saturated heterocycles. The van der Waals surface area contributed by atoms with Gasteiger partial charge in [-0.2, -0.15) is 0 Å². The summed E-state index contributed by atoms with van der Waals surface area (Å²) in [6.45, 7) is 3.71. The number of hydrogen-bond donors (Lipinski definition) is 1. The van der Waals surface area contributed by atoms with Gasteiger partial charge in [0.05, 0.1) is 19.8 Å². The molecule has 0 saturated carbocycles. The fourth-order valence-corrected chi connectivity index (χ4v) is 3.31. The molecule has 1 N–H and O–H groups in total. The van der Waals surface area contributed by atoms with Crippen LogP contribution in [-0.4, -0.2) is 49.1 Å². The molecule has 0 radical (unpaired) electrons.